The van der Waals surface area contributed by atoms with Crippen LogP contribution in [0.1, 0.15) is 48.7 Å². The smallest absolute Gasteiger partial charge is 0.280 e. The maximum absolute atomic E-state index is 13.5. The van der Waals surface area contributed by atoms with Gasteiger partial charge in [-0.3, -0.25) is 14.4 Å². The molecule has 12 heteroatoms. The van der Waals surface area contributed by atoms with Crippen molar-refractivity contribution in [3.05, 3.63) is 51.8 Å². The van der Waals surface area contributed by atoms with E-state index < -0.39 is 17.3 Å². The van der Waals surface area contributed by atoms with E-state index in [1.807, 2.05) is 6.92 Å². The van der Waals surface area contributed by atoms with Crippen LogP contribution in [0.3, 0.4) is 0 Å². The molecular weight excluding hydrogens is 469 g/mol. The summed E-state index contributed by atoms with van der Waals surface area (Å²) in [6.07, 6.45) is 5.31. The normalized spacial score (nSPS) is 16.5. The Kier molecular flexibility index (Phi) is 6.44. The molecule has 0 spiro atoms. The van der Waals surface area contributed by atoms with Crippen molar-refractivity contribution < 1.29 is 18.7 Å². The van der Waals surface area contributed by atoms with Crippen molar-refractivity contribution in [2.24, 2.45) is 0 Å². The number of ether oxygens (including phenoxy) is 1. The summed E-state index contributed by atoms with van der Waals surface area (Å²) >= 11 is 0. The zero-order valence-electron chi connectivity index (χ0n) is 20.2. The fourth-order valence-electron chi connectivity index (χ4n) is 4.96. The summed E-state index contributed by atoms with van der Waals surface area (Å²) in [5, 5.41) is 10.5. The van der Waals surface area contributed by atoms with Gasteiger partial charge < -0.3 is 24.8 Å². The quantitative estimate of drug-likeness (QED) is 0.488. The van der Waals surface area contributed by atoms with Crippen LogP contribution >= 0.6 is 0 Å². The van der Waals surface area contributed by atoms with Crippen LogP contribution in [-0.4, -0.2) is 61.7 Å². The second-order valence-electron chi connectivity index (χ2n) is 9.29. The molecule has 11 nitrogen and oxygen atoms in total. The highest BCUT2D eigenvalue weighted by atomic mass is 19.1. The highest BCUT2D eigenvalue weighted by molar-refractivity contribution is 5.98. The van der Waals surface area contributed by atoms with Crippen molar-refractivity contribution in [2.45, 2.75) is 57.8 Å². The lowest BCUT2D eigenvalue weighted by Gasteiger charge is -2.23. The van der Waals surface area contributed by atoms with Gasteiger partial charge in [0.2, 0.25) is 5.91 Å². The third-order valence-electron chi connectivity index (χ3n) is 6.71. The molecule has 0 saturated heterocycles. The molecule has 190 valence electrons. The number of nitrogens with one attached hydrogen (secondary N) is 2. The van der Waals surface area contributed by atoms with Crippen LogP contribution in [0.2, 0.25) is 0 Å². The van der Waals surface area contributed by atoms with E-state index >= 15 is 0 Å². The Hall–Kier alpha value is -3.80. The van der Waals surface area contributed by atoms with E-state index in [-0.39, 0.29) is 48.2 Å². The third kappa shape index (κ3) is 4.43. The first-order valence-electron chi connectivity index (χ1n) is 12.0. The molecule has 1 aliphatic carbocycles. The molecular formula is C24H28FN7O4. The van der Waals surface area contributed by atoms with Crippen molar-refractivity contribution >= 4 is 29.1 Å². The minimum atomic E-state index is -0.523. The van der Waals surface area contributed by atoms with Crippen molar-refractivity contribution in [3.63, 3.8) is 0 Å². The van der Waals surface area contributed by atoms with Gasteiger partial charge in [0.25, 0.3) is 11.5 Å². The number of hydrogen-bond acceptors (Lipinski definition) is 7. The molecule has 1 atom stereocenters. The highest BCUT2D eigenvalue weighted by Crippen LogP contribution is 2.27. The van der Waals surface area contributed by atoms with Crippen LogP contribution in [0.5, 0.6) is 0 Å². The van der Waals surface area contributed by atoms with Gasteiger partial charge in [-0.1, -0.05) is 12.8 Å². The van der Waals surface area contributed by atoms with E-state index in [1.54, 1.807) is 18.1 Å². The number of fused-ring (bicyclic) bond motifs is 2. The van der Waals surface area contributed by atoms with Gasteiger partial charge in [0.1, 0.15) is 29.5 Å². The summed E-state index contributed by atoms with van der Waals surface area (Å²) < 4.78 is 21.2. The van der Waals surface area contributed by atoms with Gasteiger partial charge in [-0.05, 0) is 31.9 Å². The number of carbonyl (C=O) groups excluding carboxylic acids is 2. The van der Waals surface area contributed by atoms with Gasteiger partial charge in [-0.25, -0.2) is 9.37 Å². The summed E-state index contributed by atoms with van der Waals surface area (Å²) in [6, 6.07) is 4.23. The SMILES string of the molecule is COC[C@H](C)N1Cc2c(n(CC(=O)Nc3ccc(F)cn3)c3cc(NC4CCCC4)nn3c2=O)C1=O. The lowest BCUT2D eigenvalue weighted by atomic mass is 10.2. The van der Waals surface area contributed by atoms with Crippen LogP contribution in [0.4, 0.5) is 16.0 Å². The first kappa shape index (κ1) is 23.9. The molecule has 2 amide bonds. The number of carbonyl (C=O) groups is 2. The maximum atomic E-state index is 13.5. The number of halogens is 1. The fraction of sp³-hybridized carbons (Fsp3) is 0.458. The minimum absolute atomic E-state index is 0.0971. The highest BCUT2D eigenvalue weighted by Gasteiger charge is 2.37. The predicted octanol–water partition coefficient (Wildman–Crippen LogP) is 2.01. The molecule has 5 rings (SSSR count). The van der Waals surface area contributed by atoms with E-state index in [0.717, 1.165) is 31.9 Å². The van der Waals surface area contributed by atoms with Gasteiger partial charge in [-0.2, -0.15) is 4.52 Å². The Morgan fingerprint density at radius 2 is 2.03 bits per heavy atom. The van der Waals surface area contributed by atoms with E-state index in [9.17, 15) is 18.8 Å². The molecule has 3 aromatic heterocycles. The Balaban J connectivity index is 1.54. The molecule has 0 aromatic carbocycles. The molecule has 2 N–H and O–H groups in total. The monoisotopic (exact) mass is 497 g/mol. The topological polar surface area (TPSA) is 123 Å². The second-order valence-corrected chi connectivity index (χ2v) is 9.29. The van der Waals surface area contributed by atoms with E-state index in [1.165, 1.54) is 21.2 Å². The Morgan fingerprint density at radius 3 is 2.72 bits per heavy atom. The van der Waals surface area contributed by atoms with Gasteiger partial charge in [0.15, 0.2) is 5.82 Å². The van der Waals surface area contributed by atoms with Crippen LogP contribution in [-0.2, 0) is 22.6 Å². The average molecular weight is 498 g/mol. The van der Waals surface area contributed by atoms with Gasteiger partial charge in [0.05, 0.1) is 31.0 Å². The summed E-state index contributed by atoms with van der Waals surface area (Å²) in [4.78, 5) is 45.3. The van der Waals surface area contributed by atoms with E-state index in [4.69, 9.17) is 4.74 Å². The van der Waals surface area contributed by atoms with Crippen LogP contribution in [0.25, 0.3) is 5.65 Å². The summed E-state index contributed by atoms with van der Waals surface area (Å²) in [5.41, 5.74) is 0.372. The lowest BCUT2D eigenvalue weighted by molar-refractivity contribution is -0.116. The van der Waals surface area contributed by atoms with Crippen molar-refractivity contribution in [1.29, 1.82) is 0 Å². The Bertz CT molecular complexity index is 1360. The zero-order chi connectivity index (χ0) is 25.4. The largest absolute Gasteiger partial charge is 0.383 e. The van der Waals surface area contributed by atoms with Gasteiger partial charge in [-0.15, -0.1) is 5.10 Å². The summed E-state index contributed by atoms with van der Waals surface area (Å²) in [7, 11) is 1.55. The number of pyridine rings is 1. The number of methoxy groups -OCH3 is 1. The molecule has 0 bridgehead atoms. The molecule has 2 aliphatic rings. The van der Waals surface area contributed by atoms with Crippen molar-refractivity contribution in [3.8, 4) is 0 Å². The van der Waals surface area contributed by atoms with Crippen molar-refractivity contribution in [2.75, 3.05) is 24.4 Å². The molecule has 1 saturated carbocycles. The number of nitrogens with zero attached hydrogens (tertiary/aromatic N) is 5. The first-order chi connectivity index (χ1) is 17.4. The number of aromatic nitrogens is 4. The fourth-order valence-corrected chi connectivity index (χ4v) is 4.96. The molecule has 0 unspecified atom stereocenters. The molecule has 3 aromatic rings. The molecule has 0 radical (unpaired) electrons. The average Bonchev–Trinajstić information content (AvgIpc) is 3.58. The zero-order valence-corrected chi connectivity index (χ0v) is 20.2. The Morgan fingerprint density at radius 1 is 1.25 bits per heavy atom. The number of anilines is 2. The second kappa shape index (κ2) is 9.69. The molecule has 1 fully saturated rings. The maximum Gasteiger partial charge on any atom is 0.280 e. The molecule has 36 heavy (non-hydrogen) atoms. The number of amides is 2. The van der Waals surface area contributed by atoms with Crippen molar-refractivity contribution in [1.82, 2.24) is 24.1 Å². The van der Waals surface area contributed by atoms with Crippen LogP contribution in [0, 0.1) is 5.82 Å². The van der Waals surface area contributed by atoms with Gasteiger partial charge in [0, 0.05) is 19.2 Å². The number of hydrogen-bond donors (Lipinski definition) is 2. The first-order valence-corrected chi connectivity index (χ1v) is 12.0. The minimum Gasteiger partial charge on any atom is -0.383 e. The molecule has 1 aliphatic heterocycles. The molecule has 4 heterocycles. The van der Waals surface area contributed by atoms with Crippen LogP contribution in [0.15, 0.2) is 29.2 Å². The summed E-state index contributed by atoms with van der Waals surface area (Å²) in [5.74, 6) is -0.661. The van der Waals surface area contributed by atoms with E-state index in [2.05, 4.69) is 20.7 Å². The third-order valence-corrected chi connectivity index (χ3v) is 6.71. The lowest BCUT2D eigenvalue weighted by Crippen LogP contribution is -2.37. The van der Waals surface area contributed by atoms with Crippen LogP contribution < -0.4 is 16.2 Å². The standard InChI is InChI=1S/C24H28FN7O4/c1-14(13-36-2)30-11-17-22(24(30)35)31(12-20(33)28-18-8-7-15(25)10-26-18)21-9-19(29-32(21)23(17)34)27-16-5-3-4-6-16/h7-10,14,16H,3-6,11-13H2,1-2H3,(H,27,29)(H,26,28,33)/t14-/m0/s1. The van der Waals surface area contributed by atoms with E-state index in [0.29, 0.717) is 18.1 Å². The van der Waals surface area contributed by atoms with Gasteiger partial charge >= 0.3 is 0 Å². The summed E-state index contributed by atoms with van der Waals surface area (Å²) in [6.45, 7) is 1.97. The number of rotatable bonds is 8. The predicted molar refractivity (Wildman–Crippen MR) is 129 cm³/mol. The Labute approximate surface area is 206 Å².